The first-order valence-electron chi connectivity index (χ1n) is 14.2. The second kappa shape index (κ2) is 14.0. The Kier molecular flexibility index (Phi) is 11.9. The molecule has 0 aliphatic rings. The van der Waals surface area contributed by atoms with Gasteiger partial charge in [0, 0.05) is 57.7 Å². The molecule has 0 aliphatic carbocycles. The molecule has 1 radical (unpaired) electrons. The molecule has 0 bridgehead atoms. The molecule has 2 heterocycles. The molecule has 0 amide bonds. The van der Waals surface area contributed by atoms with Crippen LogP contribution in [0.1, 0.15) is 83.2 Å². The molecule has 217 valence electrons. The van der Waals surface area contributed by atoms with Gasteiger partial charge in [0.05, 0.1) is 5.52 Å². The smallest absolute Gasteiger partial charge is 0.164 e. The van der Waals surface area contributed by atoms with Crippen LogP contribution < -0.4 is 0 Å². The summed E-state index contributed by atoms with van der Waals surface area (Å²) in [6.45, 7) is 18.5. The van der Waals surface area contributed by atoms with Crippen molar-refractivity contribution < 1.29 is 30.0 Å². The third-order valence-electron chi connectivity index (χ3n) is 8.50. The zero-order chi connectivity index (χ0) is 29.0. The topological polar surface area (TPSA) is 50.2 Å². The van der Waals surface area contributed by atoms with Crippen LogP contribution in [0, 0.1) is 37.7 Å². The van der Waals surface area contributed by atoms with Crippen LogP contribution in [0.5, 0.6) is 0 Å². The number of hydrogen-bond donors (Lipinski definition) is 1. The number of hydrogen-bond acceptors (Lipinski definition) is 4. The molecule has 0 atom stereocenters. The minimum Gasteiger partial charge on any atom is -0.512 e. The number of aliphatic hydroxyl groups excluding tert-OH is 1. The van der Waals surface area contributed by atoms with Gasteiger partial charge in [-0.25, -0.2) is 0 Å². The number of aliphatic hydroxyl groups is 1. The first-order valence-corrected chi connectivity index (χ1v) is 15.0. The number of rotatable bonds is 8. The van der Waals surface area contributed by atoms with E-state index in [-0.39, 0.29) is 42.5 Å². The van der Waals surface area contributed by atoms with Crippen molar-refractivity contribution in [3.8, 4) is 11.3 Å². The molecular formula is C35H44IrNO2S-. The van der Waals surface area contributed by atoms with E-state index >= 15 is 0 Å². The molecular weight excluding hydrogens is 691 g/mol. The van der Waals surface area contributed by atoms with Crippen LogP contribution in [0.4, 0.5) is 0 Å². The summed E-state index contributed by atoms with van der Waals surface area (Å²) >= 11 is 1.82. The van der Waals surface area contributed by atoms with E-state index < -0.39 is 0 Å². The molecule has 0 spiro atoms. The van der Waals surface area contributed by atoms with Crippen LogP contribution in [0.15, 0.2) is 54.3 Å². The molecule has 4 aromatic rings. The average molecular weight is 735 g/mol. The summed E-state index contributed by atoms with van der Waals surface area (Å²) in [5, 5.41) is 12.7. The number of fused-ring (bicyclic) bond motifs is 3. The first kappa shape index (κ1) is 33.9. The molecule has 0 fully saturated rings. The maximum absolute atomic E-state index is 12.2. The standard InChI is InChI=1S/C20H16NS.C15H28O2.Ir/c1-12-8-13(2)10-15(9-12)19-20-17(11-14(3)22-20)16-6-4-5-7-18(16)21-19;1-7-14(5,8-2)12(16)11-13(17)15(6,9-3)10-4;/h4-9,11H,1-3H3;11,16H,7-10H2,1-6H3;/q-1;;/b;12-11-;. The number of aryl methyl sites for hydroxylation is 3. The maximum Gasteiger partial charge on any atom is 0.164 e. The number of para-hydroxylation sites is 1. The van der Waals surface area contributed by atoms with Crippen molar-refractivity contribution in [2.75, 3.05) is 0 Å². The fourth-order valence-electron chi connectivity index (χ4n) is 4.75. The molecule has 2 aromatic carbocycles. The number of carbonyl (C=O) groups is 1. The SMILES string of the molecule is CCC(C)(CC)C(=O)/C=C(\O)C(C)(CC)CC.Cc1[c-]c(-c2nc3ccccc3c3cc(C)sc23)cc(C)c1.[Ir]. The van der Waals surface area contributed by atoms with Gasteiger partial charge in [0.1, 0.15) is 5.76 Å². The molecule has 1 N–H and O–H groups in total. The summed E-state index contributed by atoms with van der Waals surface area (Å²) in [4.78, 5) is 18.4. The van der Waals surface area contributed by atoms with E-state index in [1.807, 2.05) is 52.9 Å². The van der Waals surface area contributed by atoms with Gasteiger partial charge in [-0.1, -0.05) is 73.6 Å². The summed E-state index contributed by atoms with van der Waals surface area (Å²) < 4.78 is 1.26. The Morgan fingerprint density at radius 1 is 0.925 bits per heavy atom. The second-order valence-electron chi connectivity index (χ2n) is 11.3. The van der Waals surface area contributed by atoms with E-state index in [1.54, 1.807) is 0 Å². The summed E-state index contributed by atoms with van der Waals surface area (Å²) in [5.41, 5.74) is 5.01. The zero-order valence-corrected chi connectivity index (χ0v) is 28.7. The van der Waals surface area contributed by atoms with E-state index in [0.29, 0.717) is 0 Å². The summed E-state index contributed by atoms with van der Waals surface area (Å²) in [6, 6.07) is 18.5. The van der Waals surface area contributed by atoms with Crippen molar-refractivity contribution in [3.63, 3.8) is 0 Å². The fraction of sp³-hybridized carbons (Fsp3) is 0.429. The first-order chi connectivity index (χ1) is 18.4. The van der Waals surface area contributed by atoms with Gasteiger partial charge in [0.15, 0.2) is 5.78 Å². The van der Waals surface area contributed by atoms with E-state index in [9.17, 15) is 9.90 Å². The zero-order valence-electron chi connectivity index (χ0n) is 25.5. The number of aromatic nitrogens is 1. The van der Waals surface area contributed by atoms with Gasteiger partial charge >= 0.3 is 0 Å². The van der Waals surface area contributed by atoms with Gasteiger partial charge < -0.3 is 5.11 Å². The van der Waals surface area contributed by atoms with Gasteiger partial charge in [-0.3, -0.25) is 9.78 Å². The molecule has 2 aromatic heterocycles. The second-order valence-corrected chi connectivity index (χ2v) is 12.5. The van der Waals surface area contributed by atoms with Crippen molar-refractivity contribution in [3.05, 3.63) is 76.4 Å². The predicted octanol–water partition coefficient (Wildman–Crippen LogP) is 10.5. The largest absolute Gasteiger partial charge is 0.512 e. The number of allylic oxidation sites excluding steroid dienone is 2. The van der Waals surface area contributed by atoms with Crippen LogP contribution in [0.3, 0.4) is 0 Å². The van der Waals surface area contributed by atoms with Crippen LogP contribution >= 0.6 is 11.3 Å². The number of pyridine rings is 1. The maximum atomic E-state index is 12.2. The van der Waals surface area contributed by atoms with E-state index in [2.05, 4.69) is 69.3 Å². The van der Waals surface area contributed by atoms with Gasteiger partial charge in [-0.05, 0) is 50.1 Å². The van der Waals surface area contributed by atoms with Crippen molar-refractivity contribution in [2.45, 2.75) is 88.0 Å². The van der Waals surface area contributed by atoms with Crippen LogP contribution in [0.25, 0.3) is 32.2 Å². The molecule has 40 heavy (non-hydrogen) atoms. The monoisotopic (exact) mass is 735 g/mol. The predicted molar refractivity (Wildman–Crippen MR) is 169 cm³/mol. The molecule has 0 saturated carbocycles. The third kappa shape index (κ3) is 7.29. The van der Waals surface area contributed by atoms with Crippen molar-refractivity contribution in [1.29, 1.82) is 0 Å². The number of carbonyl (C=O) groups excluding carboxylic acids is 1. The van der Waals surface area contributed by atoms with Crippen LogP contribution in [-0.2, 0) is 24.9 Å². The average Bonchev–Trinajstić information content (AvgIpc) is 3.32. The van der Waals surface area contributed by atoms with E-state index in [0.717, 1.165) is 48.0 Å². The molecule has 5 heteroatoms. The van der Waals surface area contributed by atoms with Gasteiger partial charge in [-0.2, -0.15) is 0 Å². The number of nitrogens with zero attached hydrogens (tertiary/aromatic N) is 1. The minimum absolute atomic E-state index is 0. The van der Waals surface area contributed by atoms with Crippen molar-refractivity contribution in [1.82, 2.24) is 4.98 Å². The Bertz CT molecular complexity index is 1470. The van der Waals surface area contributed by atoms with Crippen molar-refractivity contribution in [2.24, 2.45) is 10.8 Å². The normalized spacial score (nSPS) is 12.2. The van der Waals surface area contributed by atoms with Gasteiger partial charge in [-0.15, -0.1) is 46.2 Å². The fourth-order valence-corrected chi connectivity index (χ4v) is 5.78. The van der Waals surface area contributed by atoms with E-state index in [4.69, 9.17) is 4.98 Å². The number of benzene rings is 2. The summed E-state index contributed by atoms with van der Waals surface area (Å²) in [6.07, 6.45) is 4.75. The van der Waals surface area contributed by atoms with Crippen LogP contribution in [-0.4, -0.2) is 15.9 Å². The number of ketones is 1. The summed E-state index contributed by atoms with van der Waals surface area (Å²) in [5.74, 6) is 0.286. The Balaban J connectivity index is 0.000000285. The molecule has 0 saturated heterocycles. The Morgan fingerprint density at radius 3 is 2.10 bits per heavy atom. The van der Waals surface area contributed by atoms with Crippen LogP contribution in [0.2, 0.25) is 0 Å². The molecule has 0 aliphatic heterocycles. The Morgan fingerprint density at radius 2 is 1.52 bits per heavy atom. The molecule has 3 nitrogen and oxygen atoms in total. The molecule has 0 unspecified atom stereocenters. The quantitative estimate of drug-likeness (QED) is 0.111. The third-order valence-corrected chi connectivity index (χ3v) is 9.56. The molecule has 4 rings (SSSR count). The Hall–Kier alpha value is -2.33. The van der Waals surface area contributed by atoms with E-state index in [1.165, 1.54) is 32.0 Å². The summed E-state index contributed by atoms with van der Waals surface area (Å²) in [7, 11) is 0. The van der Waals surface area contributed by atoms with Crippen molar-refractivity contribution >= 4 is 38.1 Å². The Labute approximate surface area is 258 Å². The van der Waals surface area contributed by atoms with Gasteiger partial charge in [0.2, 0.25) is 0 Å². The van der Waals surface area contributed by atoms with Gasteiger partial charge in [0.25, 0.3) is 0 Å². The minimum atomic E-state index is -0.337. The number of thiophene rings is 1.